The molecular weight excluding hydrogens is 328 g/mol. The molecule has 2 aromatic heterocycles. The van der Waals surface area contributed by atoms with Crippen LogP contribution in [0.15, 0.2) is 84.2 Å². The maximum Gasteiger partial charge on any atom is 0.195 e. The summed E-state index contributed by atoms with van der Waals surface area (Å²) < 4.78 is 8.09. The van der Waals surface area contributed by atoms with Gasteiger partial charge in [-0.15, -0.1) is 11.3 Å². The number of ether oxygens (including phenoxy) is 1. The van der Waals surface area contributed by atoms with Crippen LogP contribution in [0.5, 0.6) is 11.5 Å². The van der Waals surface area contributed by atoms with Crippen molar-refractivity contribution in [3.8, 4) is 22.8 Å². The minimum Gasteiger partial charge on any atom is -0.457 e. The van der Waals surface area contributed by atoms with Crippen LogP contribution in [0.25, 0.3) is 27.3 Å². The Hall–Kier alpha value is -3.11. The van der Waals surface area contributed by atoms with Crippen LogP contribution >= 0.6 is 11.3 Å². The van der Waals surface area contributed by atoms with E-state index >= 15 is 0 Å². The minimum absolute atomic E-state index is 0.830. The lowest BCUT2D eigenvalue weighted by Gasteiger charge is -2.07. The Labute approximate surface area is 148 Å². The van der Waals surface area contributed by atoms with Crippen molar-refractivity contribution >= 4 is 27.3 Å². The molecule has 0 amide bonds. The first kappa shape index (κ1) is 14.3. The molecule has 0 spiro atoms. The van der Waals surface area contributed by atoms with Gasteiger partial charge in [0, 0.05) is 5.38 Å². The van der Waals surface area contributed by atoms with E-state index in [1.54, 1.807) is 11.3 Å². The fraction of sp³-hybridized carbons (Fsp3) is 0. The summed E-state index contributed by atoms with van der Waals surface area (Å²) in [6, 6.07) is 26.2. The zero-order chi connectivity index (χ0) is 16.6. The van der Waals surface area contributed by atoms with Crippen molar-refractivity contribution in [3.63, 3.8) is 0 Å². The summed E-state index contributed by atoms with van der Waals surface area (Å²) in [5.74, 6) is 1.67. The third-order valence-electron chi connectivity index (χ3n) is 4.18. The number of thiazole rings is 1. The van der Waals surface area contributed by atoms with E-state index in [0.29, 0.717) is 0 Å². The second-order valence-corrected chi connectivity index (χ2v) is 6.62. The number of fused-ring (bicyclic) bond motifs is 3. The van der Waals surface area contributed by atoms with Crippen molar-refractivity contribution in [2.45, 2.75) is 0 Å². The van der Waals surface area contributed by atoms with Gasteiger partial charge in [-0.2, -0.15) is 0 Å². The molecule has 0 aliphatic rings. The number of hydrogen-bond donors (Lipinski definition) is 0. The SMILES string of the molecule is c1ccc(Oc2ccc(-c3csc4nc5ccccc5n34)cc2)cc1. The van der Waals surface area contributed by atoms with E-state index in [-0.39, 0.29) is 0 Å². The Morgan fingerprint density at radius 3 is 2.32 bits per heavy atom. The van der Waals surface area contributed by atoms with Crippen LogP contribution in [-0.4, -0.2) is 9.38 Å². The highest BCUT2D eigenvalue weighted by Crippen LogP contribution is 2.31. The highest BCUT2D eigenvalue weighted by molar-refractivity contribution is 7.15. The molecule has 2 heterocycles. The number of para-hydroxylation sites is 3. The van der Waals surface area contributed by atoms with Crippen LogP contribution in [-0.2, 0) is 0 Å². The van der Waals surface area contributed by atoms with Gasteiger partial charge in [0.1, 0.15) is 11.5 Å². The van der Waals surface area contributed by atoms with E-state index in [4.69, 9.17) is 9.72 Å². The van der Waals surface area contributed by atoms with Crippen molar-refractivity contribution in [1.29, 1.82) is 0 Å². The molecule has 0 saturated heterocycles. The zero-order valence-electron chi connectivity index (χ0n) is 13.3. The molecule has 3 aromatic carbocycles. The lowest BCUT2D eigenvalue weighted by molar-refractivity contribution is 0.483. The number of imidazole rings is 1. The molecule has 5 rings (SSSR count). The molecule has 3 nitrogen and oxygen atoms in total. The van der Waals surface area contributed by atoms with Gasteiger partial charge in [0.25, 0.3) is 0 Å². The van der Waals surface area contributed by atoms with Gasteiger partial charge in [-0.1, -0.05) is 30.3 Å². The number of hydrogen-bond acceptors (Lipinski definition) is 3. The molecule has 0 fully saturated rings. The van der Waals surface area contributed by atoms with Crippen molar-refractivity contribution < 1.29 is 4.74 Å². The molecule has 0 saturated carbocycles. The molecule has 0 aliphatic carbocycles. The fourth-order valence-electron chi connectivity index (χ4n) is 2.99. The summed E-state index contributed by atoms with van der Waals surface area (Å²) in [6.07, 6.45) is 0. The van der Waals surface area contributed by atoms with Crippen molar-refractivity contribution in [2.75, 3.05) is 0 Å². The second-order valence-electron chi connectivity index (χ2n) is 5.78. The quantitative estimate of drug-likeness (QED) is 0.401. The predicted molar refractivity (Wildman–Crippen MR) is 103 cm³/mol. The van der Waals surface area contributed by atoms with Crippen LogP contribution in [0.4, 0.5) is 0 Å². The molecule has 0 radical (unpaired) electrons. The van der Waals surface area contributed by atoms with Crippen LogP contribution < -0.4 is 4.74 Å². The first-order chi connectivity index (χ1) is 12.4. The van der Waals surface area contributed by atoms with E-state index in [1.807, 2.05) is 48.5 Å². The second kappa shape index (κ2) is 5.76. The number of rotatable bonds is 3. The largest absolute Gasteiger partial charge is 0.457 e. The monoisotopic (exact) mass is 342 g/mol. The molecular formula is C21H14N2OS. The maximum absolute atomic E-state index is 5.88. The molecule has 0 atom stereocenters. The van der Waals surface area contributed by atoms with E-state index < -0.39 is 0 Å². The summed E-state index contributed by atoms with van der Waals surface area (Å²) in [7, 11) is 0. The number of nitrogens with zero attached hydrogens (tertiary/aromatic N) is 2. The Morgan fingerprint density at radius 2 is 1.48 bits per heavy atom. The summed E-state index contributed by atoms with van der Waals surface area (Å²) in [5, 5.41) is 2.15. The average molecular weight is 342 g/mol. The van der Waals surface area contributed by atoms with Gasteiger partial charge in [-0.05, 0) is 54.1 Å². The van der Waals surface area contributed by atoms with Crippen molar-refractivity contribution in [3.05, 3.63) is 84.2 Å². The minimum atomic E-state index is 0.830. The molecule has 0 aliphatic heterocycles. The highest BCUT2D eigenvalue weighted by Gasteiger charge is 2.11. The van der Waals surface area contributed by atoms with Crippen LogP contribution in [0.2, 0.25) is 0 Å². The van der Waals surface area contributed by atoms with Crippen LogP contribution in [0.3, 0.4) is 0 Å². The molecule has 0 unspecified atom stereocenters. The van der Waals surface area contributed by atoms with Gasteiger partial charge in [0.05, 0.1) is 16.7 Å². The predicted octanol–water partition coefficient (Wildman–Crippen LogP) is 6.01. The van der Waals surface area contributed by atoms with Crippen LogP contribution in [0, 0.1) is 0 Å². The van der Waals surface area contributed by atoms with E-state index in [1.165, 1.54) is 0 Å². The lowest BCUT2D eigenvalue weighted by atomic mass is 10.1. The first-order valence-corrected chi connectivity index (χ1v) is 8.94. The zero-order valence-corrected chi connectivity index (χ0v) is 14.1. The smallest absolute Gasteiger partial charge is 0.195 e. The third kappa shape index (κ3) is 2.47. The van der Waals surface area contributed by atoms with E-state index in [9.17, 15) is 0 Å². The molecule has 120 valence electrons. The van der Waals surface area contributed by atoms with E-state index in [0.717, 1.165) is 38.8 Å². The van der Waals surface area contributed by atoms with Gasteiger partial charge < -0.3 is 4.74 Å². The molecule has 0 bridgehead atoms. The van der Waals surface area contributed by atoms with Gasteiger partial charge in [-0.3, -0.25) is 4.40 Å². The normalized spacial score (nSPS) is 11.2. The van der Waals surface area contributed by atoms with Gasteiger partial charge in [-0.25, -0.2) is 4.98 Å². The first-order valence-electron chi connectivity index (χ1n) is 8.06. The molecule has 25 heavy (non-hydrogen) atoms. The molecule has 0 N–H and O–H groups in total. The molecule has 4 heteroatoms. The number of benzene rings is 3. The lowest BCUT2D eigenvalue weighted by Crippen LogP contribution is -1.87. The Bertz CT molecular complexity index is 1160. The van der Waals surface area contributed by atoms with Gasteiger partial charge in [0.15, 0.2) is 4.96 Å². The molecule has 5 aromatic rings. The van der Waals surface area contributed by atoms with Crippen molar-refractivity contribution in [2.24, 2.45) is 0 Å². The Kier molecular flexibility index (Phi) is 3.28. The van der Waals surface area contributed by atoms with Gasteiger partial charge >= 0.3 is 0 Å². The standard InChI is InChI=1S/C21H14N2OS/c1-2-6-16(7-3-1)24-17-12-10-15(11-13-17)20-14-25-21-22-18-8-4-5-9-19(18)23(20)21/h1-14H. The maximum atomic E-state index is 5.88. The highest BCUT2D eigenvalue weighted by atomic mass is 32.1. The third-order valence-corrected chi connectivity index (χ3v) is 5.00. The van der Waals surface area contributed by atoms with E-state index in [2.05, 4.69) is 40.1 Å². The summed E-state index contributed by atoms with van der Waals surface area (Å²) in [5.41, 5.74) is 4.47. The summed E-state index contributed by atoms with van der Waals surface area (Å²) >= 11 is 1.66. The summed E-state index contributed by atoms with van der Waals surface area (Å²) in [4.78, 5) is 5.71. The topological polar surface area (TPSA) is 26.5 Å². The van der Waals surface area contributed by atoms with Crippen molar-refractivity contribution in [1.82, 2.24) is 9.38 Å². The Morgan fingerprint density at radius 1 is 0.760 bits per heavy atom. The summed E-state index contributed by atoms with van der Waals surface area (Å²) in [6.45, 7) is 0. The fourth-order valence-corrected chi connectivity index (χ4v) is 3.90. The van der Waals surface area contributed by atoms with Gasteiger partial charge in [0.2, 0.25) is 0 Å². The average Bonchev–Trinajstić information content (AvgIpc) is 3.22. The van der Waals surface area contributed by atoms with Crippen LogP contribution in [0.1, 0.15) is 0 Å². The Balaban J connectivity index is 1.54. The number of aromatic nitrogens is 2.